The Bertz CT molecular complexity index is 774. The summed E-state index contributed by atoms with van der Waals surface area (Å²) in [6, 6.07) is 5.98. The lowest BCUT2D eigenvalue weighted by Gasteiger charge is -2.46. The number of hydrogen-bond acceptors (Lipinski definition) is 3. The monoisotopic (exact) mass is 497 g/mol. The summed E-state index contributed by atoms with van der Waals surface area (Å²) in [4.78, 5) is 15.4. The van der Waals surface area contributed by atoms with Crippen molar-refractivity contribution in [1.29, 1.82) is 0 Å². The number of rotatable bonds is 11. The van der Waals surface area contributed by atoms with Gasteiger partial charge < -0.3 is 4.74 Å². The second kappa shape index (κ2) is 12.6. The molecule has 0 spiro atoms. The molecule has 1 aromatic rings. The van der Waals surface area contributed by atoms with Crippen molar-refractivity contribution in [2.75, 3.05) is 19.7 Å². The Morgan fingerprint density at radius 3 is 2.00 bits per heavy atom. The van der Waals surface area contributed by atoms with Gasteiger partial charge in [0, 0.05) is 6.04 Å². The summed E-state index contributed by atoms with van der Waals surface area (Å²) in [7, 11) is 0. The SMILES string of the molecule is CCOC(=O)C(C)(C)[C@@H]1CC[C@@H](N(CCC(C)C)CCC(C)C)[C@H](c2ccc(C(F)(F)F)cc2)C1. The molecule has 3 atom stereocenters. The Hall–Kier alpha value is -1.56. The molecule has 2 rings (SSSR count). The molecule has 0 N–H and O–H groups in total. The number of hydrogen-bond donors (Lipinski definition) is 0. The Morgan fingerprint density at radius 1 is 1.00 bits per heavy atom. The van der Waals surface area contributed by atoms with E-state index < -0.39 is 17.2 Å². The maximum Gasteiger partial charge on any atom is 0.416 e. The van der Waals surface area contributed by atoms with Crippen LogP contribution in [0.5, 0.6) is 0 Å². The summed E-state index contributed by atoms with van der Waals surface area (Å²) in [6.07, 6.45) is 0.433. The topological polar surface area (TPSA) is 29.5 Å². The largest absolute Gasteiger partial charge is 0.466 e. The van der Waals surface area contributed by atoms with Crippen molar-refractivity contribution in [3.8, 4) is 0 Å². The van der Waals surface area contributed by atoms with Crippen LogP contribution in [0.15, 0.2) is 24.3 Å². The van der Waals surface area contributed by atoms with Crippen molar-refractivity contribution < 1.29 is 22.7 Å². The van der Waals surface area contributed by atoms with Crippen molar-refractivity contribution >= 4 is 5.97 Å². The lowest BCUT2D eigenvalue weighted by atomic mass is 9.64. The first-order chi connectivity index (χ1) is 16.3. The van der Waals surface area contributed by atoms with E-state index in [0.29, 0.717) is 18.4 Å². The van der Waals surface area contributed by atoms with Gasteiger partial charge in [-0.3, -0.25) is 9.69 Å². The van der Waals surface area contributed by atoms with Crippen LogP contribution in [0.4, 0.5) is 13.2 Å². The molecule has 1 aliphatic rings. The molecular formula is C29H46F3NO2. The number of carbonyl (C=O) groups is 1. The summed E-state index contributed by atoms with van der Waals surface area (Å²) >= 11 is 0. The molecule has 1 aliphatic carbocycles. The molecule has 0 bridgehead atoms. The van der Waals surface area contributed by atoms with Gasteiger partial charge in [-0.2, -0.15) is 13.2 Å². The molecule has 0 aliphatic heterocycles. The minimum Gasteiger partial charge on any atom is -0.466 e. The van der Waals surface area contributed by atoms with Crippen molar-refractivity contribution in [1.82, 2.24) is 4.90 Å². The molecule has 1 saturated carbocycles. The number of alkyl halides is 3. The Labute approximate surface area is 210 Å². The quantitative estimate of drug-likeness (QED) is 0.291. The van der Waals surface area contributed by atoms with Gasteiger partial charge in [-0.15, -0.1) is 0 Å². The van der Waals surface area contributed by atoms with Gasteiger partial charge in [0.05, 0.1) is 17.6 Å². The van der Waals surface area contributed by atoms with E-state index in [1.807, 2.05) is 20.8 Å². The normalized spacial score (nSPS) is 21.7. The number of halogens is 3. The second-order valence-corrected chi connectivity index (χ2v) is 11.6. The lowest BCUT2D eigenvalue weighted by Crippen LogP contribution is -2.47. The number of carbonyl (C=O) groups excluding carboxylic acids is 1. The van der Waals surface area contributed by atoms with Crippen LogP contribution in [-0.2, 0) is 15.7 Å². The molecule has 35 heavy (non-hydrogen) atoms. The predicted molar refractivity (Wildman–Crippen MR) is 136 cm³/mol. The number of ether oxygens (including phenoxy) is 1. The van der Waals surface area contributed by atoms with Crippen LogP contribution in [0, 0.1) is 23.2 Å². The van der Waals surface area contributed by atoms with E-state index >= 15 is 0 Å². The molecule has 0 heterocycles. The molecule has 1 fully saturated rings. The standard InChI is InChI=1S/C29H46F3NO2/c1-8-35-27(34)28(6,7)24-13-14-26(33(17-15-20(2)3)18-16-21(4)5)25(19-24)22-9-11-23(12-10-22)29(30,31)32/h9-12,20-21,24-26H,8,13-19H2,1-7H3/t24-,25+,26-/m1/s1. The van der Waals surface area contributed by atoms with Gasteiger partial charge in [-0.1, -0.05) is 39.8 Å². The van der Waals surface area contributed by atoms with Crippen LogP contribution in [0.25, 0.3) is 0 Å². The van der Waals surface area contributed by atoms with Crippen molar-refractivity contribution in [2.24, 2.45) is 23.2 Å². The first-order valence-electron chi connectivity index (χ1n) is 13.4. The van der Waals surface area contributed by atoms with Gasteiger partial charge in [0.25, 0.3) is 0 Å². The molecule has 0 aromatic heterocycles. The van der Waals surface area contributed by atoms with Crippen molar-refractivity contribution in [2.45, 2.75) is 98.7 Å². The molecule has 1 aromatic carbocycles. The third-order valence-electron chi connectivity index (χ3n) is 7.76. The van der Waals surface area contributed by atoms with E-state index in [1.165, 1.54) is 12.1 Å². The highest BCUT2D eigenvalue weighted by atomic mass is 19.4. The molecule has 0 saturated heterocycles. The summed E-state index contributed by atoms with van der Waals surface area (Å²) in [5, 5.41) is 0. The Kier molecular flexibility index (Phi) is 10.7. The number of esters is 1. The zero-order chi connectivity index (χ0) is 26.4. The highest BCUT2D eigenvalue weighted by Crippen LogP contribution is 2.47. The van der Waals surface area contributed by atoms with E-state index in [9.17, 15) is 18.0 Å². The predicted octanol–water partition coefficient (Wildman–Crippen LogP) is 7.94. The molecular weight excluding hydrogens is 451 g/mol. The van der Waals surface area contributed by atoms with E-state index in [1.54, 1.807) is 12.1 Å². The smallest absolute Gasteiger partial charge is 0.416 e. The molecule has 6 heteroatoms. The zero-order valence-corrected chi connectivity index (χ0v) is 22.8. The van der Waals surface area contributed by atoms with Gasteiger partial charge >= 0.3 is 12.1 Å². The maximum atomic E-state index is 13.2. The fraction of sp³-hybridized carbons (Fsp3) is 0.759. The summed E-state index contributed by atoms with van der Waals surface area (Å²) in [5.74, 6) is 1.16. The molecule has 200 valence electrons. The van der Waals surface area contributed by atoms with Crippen molar-refractivity contribution in [3.63, 3.8) is 0 Å². The van der Waals surface area contributed by atoms with Gasteiger partial charge in [-0.05, 0) is 107 Å². The zero-order valence-electron chi connectivity index (χ0n) is 22.8. The molecule has 3 nitrogen and oxygen atoms in total. The van der Waals surface area contributed by atoms with Gasteiger partial charge in [-0.25, -0.2) is 0 Å². The minimum atomic E-state index is -4.35. The van der Waals surface area contributed by atoms with Crippen LogP contribution in [-0.4, -0.2) is 36.6 Å². The third kappa shape index (κ3) is 8.23. The lowest BCUT2D eigenvalue weighted by molar-refractivity contribution is -0.158. The molecule has 0 amide bonds. The summed E-state index contributed by atoms with van der Waals surface area (Å²) in [5.41, 5.74) is -0.314. The average molecular weight is 498 g/mol. The molecule has 0 radical (unpaired) electrons. The Balaban J connectivity index is 2.40. The van der Waals surface area contributed by atoms with Gasteiger partial charge in [0.15, 0.2) is 0 Å². The molecule has 0 unspecified atom stereocenters. The maximum absolute atomic E-state index is 13.2. The fourth-order valence-electron chi connectivity index (χ4n) is 5.30. The first-order valence-corrected chi connectivity index (χ1v) is 13.4. The highest BCUT2D eigenvalue weighted by Gasteiger charge is 2.45. The first kappa shape index (κ1) is 29.7. The van der Waals surface area contributed by atoms with Crippen LogP contribution in [0.1, 0.15) is 97.6 Å². The van der Waals surface area contributed by atoms with Gasteiger partial charge in [0.1, 0.15) is 0 Å². The van der Waals surface area contributed by atoms with Crippen LogP contribution >= 0.6 is 0 Å². The van der Waals surface area contributed by atoms with Crippen LogP contribution in [0.3, 0.4) is 0 Å². The highest BCUT2D eigenvalue weighted by molar-refractivity contribution is 5.76. The third-order valence-corrected chi connectivity index (χ3v) is 7.76. The second-order valence-electron chi connectivity index (χ2n) is 11.6. The fourth-order valence-corrected chi connectivity index (χ4v) is 5.30. The average Bonchev–Trinajstić information content (AvgIpc) is 2.78. The van der Waals surface area contributed by atoms with E-state index in [2.05, 4.69) is 32.6 Å². The van der Waals surface area contributed by atoms with Crippen LogP contribution < -0.4 is 0 Å². The van der Waals surface area contributed by atoms with E-state index in [4.69, 9.17) is 4.74 Å². The summed E-state index contributed by atoms with van der Waals surface area (Å²) in [6.45, 7) is 17.0. The van der Waals surface area contributed by atoms with Crippen molar-refractivity contribution in [3.05, 3.63) is 35.4 Å². The number of benzene rings is 1. The van der Waals surface area contributed by atoms with E-state index in [0.717, 1.165) is 50.8 Å². The van der Waals surface area contributed by atoms with E-state index in [-0.39, 0.29) is 23.8 Å². The van der Waals surface area contributed by atoms with Gasteiger partial charge in [0.2, 0.25) is 0 Å². The number of nitrogens with zero attached hydrogens (tertiary/aromatic N) is 1. The Morgan fingerprint density at radius 2 is 1.54 bits per heavy atom. The minimum absolute atomic E-state index is 0.0732. The summed E-state index contributed by atoms with van der Waals surface area (Å²) < 4.78 is 45.1. The van der Waals surface area contributed by atoms with Crippen LogP contribution in [0.2, 0.25) is 0 Å².